The number of hydrogen-bond donors (Lipinski definition) is 0. The highest BCUT2D eigenvalue weighted by Gasteiger charge is 2.18. The number of fused-ring (bicyclic) bond motifs is 1. The third kappa shape index (κ3) is 3.27. The number of benzene rings is 2. The first-order valence-corrected chi connectivity index (χ1v) is 8.16. The van der Waals surface area contributed by atoms with Crippen molar-refractivity contribution in [1.82, 2.24) is 4.98 Å². The van der Waals surface area contributed by atoms with Crippen molar-refractivity contribution in [2.45, 2.75) is 19.9 Å². The molecule has 3 nitrogen and oxygen atoms in total. The molecular weight excluding hydrogens is 315 g/mol. The second kappa shape index (κ2) is 6.45. The zero-order valence-electron chi connectivity index (χ0n) is 13.8. The third-order valence-electron chi connectivity index (χ3n) is 4.31. The van der Waals surface area contributed by atoms with E-state index in [0.717, 1.165) is 30.8 Å². The molecule has 123 valence electrons. The highest BCUT2D eigenvalue weighted by Crippen LogP contribution is 2.27. The van der Waals surface area contributed by atoms with Crippen LogP contribution in [0, 0.1) is 30.6 Å². The van der Waals surface area contributed by atoms with Crippen molar-refractivity contribution in [3.8, 4) is 11.8 Å². The van der Waals surface area contributed by atoms with Crippen LogP contribution in [0.15, 0.2) is 47.1 Å². The first kappa shape index (κ1) is 15.5. The second-order valence-corrected chi connectivity index (χ2v) is 6.02. The van der Waals surface area contributed by atoms with Gasteiger partial charge in [-0.15, -0.1) is 0 Å². The molecule has 0 amide bonds. The molecule has 0 bridgehead atoms. The van der Waals surface area contributed by atoms with E-state index in [4.69, 9.17) is 4.42 Å². The second-order valence-electron chi connectivity index (χ2n) is 6.02. The largest absolute Gasteiger partial charge is 0.448 e. The predicted molar refractivity (Wildman–Crippen MR) is 93.7 cm³/mol. The summed E-state index contributed by atoms with van der Waals surface area (Å²) in [6.45, 7) is 3.35. The van der Waals surface area contributed by atoms with Gasteiger partial charge in [-0.1, -0.05) is 30.2 Å². The van der Waals surface area contributed by atoms with Gasteiger partial charge in [-0.05, 0) is 35.6 Å². The molecule has 1 aliphatic rings. The van der Waals surface area contributed by atoms with Gasteiger partial charge < -0.3 is 9.32 Å². The first-order valence-electron chi connectivity index (χ1n) is 8.16. The van der Waals surface area contributed by atoms with E-state index in [1.54, 1.807) is 13.0 Å². The van der Waals surface area contributed by atoms with Gasteiger partial charge in [-0.2, -0.15) is 0 Å². The number of oxazole rings is 1. The van der Waals surface area contributed by atoms with Gasteiger partial charge in [-0.3, -0.25) is 0 Å². The molecule has 0 saturated heterocycles. The summed E-state index contributed by atoms with van der Waals surface area (Å²) in [5, 5.41) is 0. The summed E-state index contributed by atoms with van der Waals surface area (Å²) in [6.07, 6.45) is 2.46. The van der Waals surface area contributed by atoms with E-state index in [1.807, 2.05) is 6.07 Å². The summed E-state index contributed by atoms with van der Waals surface area (Å²) in [5.41, 5.74) is 4.72. The zero-order valence-corrected chi connectivity index (χ0v) is 13.8. The van der Waals surface area contributed by atoms with Crippen LogP contribution in [0.5, 0.6) is 0 Å². The Morgan fingerprint density at radius 2 is 2.08 bits per heavy atom. The molecule has 0 unspecified atom stereocenters. The van der Waals surface area contributed by atoms with Crippen LogP contribution in [0.3, 0.4) is 0 Å². The van der Waals surface area contributed by atoms with Crippen molar-refractivity contribution >= 4 is 5.69 Å². The summed E-state index contributed by atoms with van der Waals surface area (Å²) >= 11 is 0. The van der Waals surface area contributed by atoms with Crippen LogP contribution in [-0.2, 0) is 13.0 Å². The van der Waals surface area contributed by atoms with Crippen LogP contribution in [0.1, 0.15) is 28.3 Å². The van der Waals surface area contributed by atoms with Crippen LogP contribution in [-0.4, -0.2) is 11.5 Å². The fourth-order valence-electron chi connectivity index (χ4n) is 3.07. The lowest BCUT2D eigenvalue weighted by molar-refractivity contribution is 0.521. The molecule has 0 spiro atoms. The Hall–Kier alpha value is -3.06. The van der Waals surface area contributed by atoms with E-state index in [2.05, 4.69) is 46.0 Å². The molecule has 1 radical (unpaired) electrons. The Bertz CT molecular complexity index is 981. The normalized spacial score (nSPS) is 13.1. The quantitative estimate of drug-likeness (QED) is 0.634. The zero-order chi connectivity index (χ0) is 17.2. The minimum atomic E-state index is -0.378. The molecule has 0 saturated carbocycles. The molecule has 0 N–H and O–H groups in total. The molecule has 1 aliphatic heterocycles. The van der Waals surface area contributed by atoms with Gasteiger partial charge in [0.1, 0.15) is 12.1 Å². The van der Waals surface area contributed by atoms with Gasteiger partial charge >= 0.3 is 0 Å². The topological polar surface area (TPSA) is 29.3 Å². The average Bonchev–Trinajstić information content (AvgIpc) is 3.05. The van der Waals surface area contributed by atoms with E-state index in [9.17, 15) is 4.39 Å². The van der Waals surface area contributed by atoms with Crippen molar-refractivity contribution in [3.05, 3.63) is 82.8 Å². The van der Waals surface area contributed by atoms with Crippen molar-refractivity contribution in [1.29, 1.82) is 0 Å². The molecule has 0 atom stereocenters. The number of aryl methyl sites for hydroxylation is 1. The van der Waals surface area contributed by atoms with Gasteiger partial charge in [0.15, 0.2) is 11.6 Å². The van der Waals surface area contributed by atoms with Crippen molar-refractivity contribution in [2.75, 3.05) is 11.4 Å². The molecule has 0 fully saturated rings. The number of halogens is 1. The highest BCUT2D eigenvalue weighted by atomic mass is 19.1. The lowest BCUT2D eigenvalue weighted by Crippen LogP contribution is -2.30. The van der Waals surface area contributed by atoms with Crippen molar-refractivity contribution in [3.63, 3.8) is 0 Å². The third-order valence-corrected chi connectivity index (χ3v) is 4.31. The number of aromatic nitrogens is 1. The molecule has 2 aromatic carbocycles. The maximum atomic E-state index is 13.8. The minimum Gasteiger partial charge on any atom is -0.448 e. The molecule has 0 aliphatic carbocycles. The molecule has 2 heterocycles. The lowest BCUT2D eigenvalue weighted by Gasteiger charge is -2.31. The number of nitrogens with zero attached hydrogens (tertiary/aromatic N) is 2. The first-order chi connectivity index (χ1) is 12.2. The van der Waals surface area contributed by atoms with Crippen LogP contribution in [0.2, 0.25) is 0 Å². The Kier molecular flexibility index (Phi) is 3.99. The van der Waals surface area contributed by atoms with Crippen LogP contribution < -0.4 is 4.90 Å². The molecular formula is C21H16FN2O. The lowest BCUT2D eigenvalue weighted by atomic mass is 9.98. The standard InChI is InChI=1S/C21H16FN2O/c1-15-23-20(14-25-15)9-7-17-6-8-19(22)12-21(17)24-11-10-16-4-2-3-5-18(16)13-24/h2-6,12,14H,10-11,13H2,1H3. The summed E-state index contributed by atoms with van der Waals surface area (Å²) in [6, 6.07) is 14.1. The molecule has 25 heavy (non-hydrogen) atoms. The van der Waals surface area contributed by atoms with Crippen LogP contribution >= 0.6 is 0 Å². The minimum absolute atomic E-state index is 0.378. The highest BCUT2D eigenvalue weighted by molar-refractivity contribution is 5.62. The van der Waals surface area contributed by atoms with E-state index in [0.29, 0.717) is 11.6 Å². The van der Waals surface area contributed by atoms with Gasteiger partial charge in [0.2, 0.25) is 0 Å². The fraction of sp³-hybridized carbons (Fsp3) is 0.190. The monoisotopic (exact) mass is 331 g/mol. The van der Waals surface area contributed by atoms with Crippen LogP contribution in [0.25, 0.3) is 0 Å². The van der Waals surface area contributed by atoms with Crippen molar-refractivity contribution in [2.24, 2.45) is 0 Å². The summed E-state index contributed by atoms with van der Waals surface area (Å²) in [7, 11) is 0. The predicted octanol–water partition coefficient (Wildman–Crippen LogP) is 3.88. The van der Waals surface area contributed by atoms with E-state index >= 15 is 0 Å². The fourth-order valence-corrected chi connectivity index (χ4v) is 3.07. The summed E-state index contributed by atoms with van der Waals surface area (Å²) in [4.78, 5) is 6.34. The summed E-state index contributed by atoms with van der Waals surface area (Å²) < 4.78 is 19.0. The Balaban J connectivity index is 1.68. The Morgan fingerprint density at radius 3 is 2.88 bits per heavy atom. The summed E-state index contributed by atoms with van der Waals surface area (Å²) in [5.74, 6) is 6.25. The smallest absolute Gasteiger partial charge is 0.192 e. The van der Waals surface area contributed by atoms with E-state index in [-0.39, 0.29) is 5.82 Å². The van der Waals surface area contributed by atoms with Crippen molar-refractivity contribution < 1.29 is 8.81 Å². The average molecular weight is 331 g/mol. The number of hydrogen-bond acceptors (Lipinski definition) is 3. The molecule has 3 aromatic rings. The number of anilines is 1. The Morgan fingerprint density at radius 1 is 1.24 bits per heavy atom. The molecule has 4 rings (SSSR count). The maximum Gasteiger partial charge on any atom is 0.192 e. The van der Waals surface area contributed by atoms with E-state index < -0.39 is 0 Å². The van der Waals surface area contributed by atoms with Gasteiger partial charge in [0, 0.05) is 31.6 Å². The van der Waals surface area contributed by atoms with Gasteiger partial charge in [0.05, 0.1) is 5.69 Å². The SMILES string of the molecule is Cc1nc(C#Cc2c[c]c(F)cc2N2CCc3ccccc3C2)co1. The van der Waals surface area contributed by atoms with Gasteiger partial charge in [0.25, 0.3) is 0 Å². The molecule has 1 aromatic heterocycles. The molecule has 4 heteroatoms. The number of rotatable bonds is 1. The maximum absolute atomic E-state index is 13.8. The van der Waals surface area contributed by atoms with Crippen LogP contribution in [0.4, 0.5) is 10.1 Å². The van der Waals surface area contributed by atoms with E-state index in [1.165, 1.54) is 23.5 Å². The van der Waals surface area contributed by atoms with Gasteiger partial charge in [-0.25, -0.2) is 9.37 Å². The Labute approximate surface area is 146 Å².